The second-order valence-electron chi connectivity index (χ2n) is 7.56. The van der Waals surface area contributed by atoms with Crippen molar-refractivity contribution in [3.63, 3.8) is 0 Å². The zero-order valence-electron chi connectivity index (χ0n) is 17.0. The average molecular weight is 439 g/mol. The van der Waals surface area contributed by atoms with E-state index in [4.69, 9.17) is 9.47 Å². The Bertz CT molecular complexity index is 881. The molecule has 2 aromatic rings. The zero-order chi connectivity index (χ0) is 21.1. The van der Waals surface area contributed by atoms with Gasteiger partial charge in [0, 0.05) is 26.2 Å². The van der Waals surface area contributed by atoms with Gasteiger partial charge in [0.05, 0.1) is 36.8 Å². The summed E-state index contributed by atoms with van der Waals surface area (Å²) in [6.07, 6.45) is 0.242. The van der Waals surface area contributed by atoms with Crippen LogP contribution in [-0.4, -0.2) is 80.3 Å². The average Bonchev–Trinajstić information content (AvgIpc) is 3.22. The summed E-state index contributed by atoms with van der Waals surface area (Å²) in [5.74, 6) is 0.571. The van der Waals surface area contributed by atoms with Gasteiger partial charge in [-0.2, -0.15) is 0 Å². The summed E-state index contributed by atoms with van der Waals surface area (Å²) in [5.41, 5.74) is 1.79. The number of ether oxygens (including phenoxy) is 2. The van der Waals surface area contributed by atoms with Gasteiger partial charge in [0.1, 0.15) is 17.9 Å². The molecule has 1 atom stereocenters. The van der Waals surface area contributed by atoms with Crippen molar-refractivity contribution in [1.82, 2.24) is 9.88 Å². The van der Waals surface area contributed by atoms with Gasteiger partial charge in [-0.15, -0.1) is 0 Å². The number of hydrogen-bond acceptors (Lipinski definition) is 7. The monoisotopic (exact) mass is 438 g/mol. The van der Waals surface area contributed by atoms with E-state index in [0.717, 1.165) is 29.0 Å². The molecule has 164 valence electrons. The van der Waals surface area contributed by atoms with Gasteiger partial charge in [-0.25, -0.2) is 14.2 Å². The minimum absolute atomic E-state index is 0.0955. The van der Waals surface area contributed by atoms with Crippen LogP contribution in [0.2, 0.25) is 0 Å². The molecule has 2 fully saturated rings. The van der Waals surface area contributed by atoms with Crippen LogP contribution in [0.5, 0.6) is 5.75 Å². The molecular formula is C20H27FN4O4S. The summed E-state index contributed by atoms with van der Waals surface area (Å²) in [6, 6.07) is 3.70. The van der Waals surface area contributed by atoms with Gasteiger partial charge in [-0.05, 0) is 30.9 Å². The van der Waals surface area contributed by atoms with Gasteiger partial charge in [0.25, 0.3) is 0 Å². The van der Waals surface area contributed by atoms with Crippen LogP contribution in [-0.2, 0) is 4.74 Å². The van der Waals surface area contributed by atoms with Gasteiger partial charge in [0.15, 0.2) is 5.13 Å². The van der Waals surface area contributed by atoms with E-state index in [1.165, 1.54) is 11.3 Å². The molecule has 0 spiro atoms. The van der Waals surface area contributed by atoms with Crippen LogP contribution in [0.3, 0.4) is 0 Å². The van der Waals surface area contributed by atoms with Crippen LogP contribution < -0.4 is 15.0 Å². The lowest BCUT2D eigenvalue weighted by atomic mass is 9.92. The van der Waals surface area contributed by atoms with Gasteiger partial charge < -0.3 is 24.4 Å². The Hall–Kier alpha value is -2.17. The number of amides is 2. The summed E-state index contributed by atoms with van der Waals surface area (Å²) in [4.78, 5) is 21.3. The van der Waals surface area contributed by atoms with E-state index in [0.29, 0.717) is 50.0 Å². The summed E-state index contributed by atoms with van der Waals surface area (Å²) in [7, 11) is 1.61. The van der Waals surface area contributed by atoms with Crippen LogP contribution in [0.25, 0.3) is 10.2 Å². The molecule has 0 saturated carbocycles. The summed E-state index contributed by atoms with van der Waals surface area (Å²) >= 11 is 1.43. The number of fused-ring (bicyclic) bond motifs is 1. The Morgan fingerprint density at radius 1 is 1.37 bits per heavy atom. The predicted molar refractivity (Wildman–Crippen MR) is 115 cm³/mol. The number of carbonyl (C=O) groups is 1. The molecule has 1 unspecified atom stereocenters. The Morgan fingerprint density at radius 3 is 2.77 bits per heavy atom. The molecule has 3 heterocycles. The molecule has 2 saturated heterocycles. The minimum atomic E-state index is -0.939. The fraction of sp³-hybridized carbons (Fsp3) is 0.600. The number of aromatic nitrogens is 1. The smallest absolute Gasteiger partial charge is 0.323 e. The van der Waals surface area contributed by atoms with Gasteiger partial charge in [0.2, 0.25) is 0 Å². The molecule has 0 aliphatic carbocycles. The van der Waals surface area contributed by atoms with Crippen LogP contribution >= 0.6 is 11.3 Å². The van der Waals surface area contributed by atoms with Crippen molar-refractivity contribution in [3.8, 4) is 5.75 Å². The quantitative estimate of drug-likeness (QED) is 0.747. The van der Waals surface area contributed by atoms with E-state index >= 15 is 0 Å². The summed E-state index contributed by atoms with van der Waals surface area (Å²) in [5, 5.41) is 13.1. The fourth-order valence-electron chi connectivity index (χ4n) is 4.03. The van der Waals surface area contributed by atoms with Crippen molar-refractivity contribution < 1.29 is 23.8 Å². The number of nitrogens with zero attached hydrogens (tertiary/aromatic N) is 3. The lowest BCUT2D eigenvalue weighted by Gasteiger charge is -2.33. The number of aliphatic hydroxyl groups excluding tert-OH is 1. The Balaban J connectivity index is 1.50. The number of alkyl halides is 1. The molecule has 0 bridgehead atoms. The summed E-state index contributed by atoms with van der Waals surface area (Å²) < 4.78 is 24.6. The number of urea groups is 1. The second kappa shape index (κ2) is 9.32. The highest BCUT2D eigenvalue weighted by molar-refractivity contribution is 7.23. The lowest BCUT2D eigenvalue weighted by Crippen LogP contribution is -2.43. The third kappa shape index (κ3) is 4.30. The molecule has 4 rings (SSSR count). The van der Waals surface area contributed by atoms with Crippen molar-refractivity contribution >= 4 is 38.4 Å². The molecule has 1 aromatic heterocycles. The predicted octanol–water partition coefficient (Wildman–Crippen LogP) is 2.72. The highest BCUT2D eigenvalue weighted by Crippen LogP contribution is 2.39. The SMILES string of the molecule is COc1ccc(N2CCOCC2)c2sc(NC(=O)N3CCC(C(O)CF)CC3)nc12. The maximum absolute atomic E-state index is 12.7. The van der Waals surface area contributed by atoms with Crippen molar-refractivity contribution in [1.29, 1.82) is 0 Å². The number of rotatable bonds is 5. The summed E-state index contributed by atoms with van der Waals surface area (Å²) in [6.45, 7) is 3.21. The van der Waals surface area contributed by atoms with Crippen molar-refractivity contribution in [2.45, 2.75) is 18.9 Å². The second-order valence-corrected chi connectivity index (χ2v) is 8.56. The molecule has 30 heavy (non-hydrogen) atoms. The highest BCUT2D eigenvalue weighted by Gasteiger charge is 2.28. The Kier molecular flexibility index (Phi) is 6.55. The number of nitrogens with one attached hydrogen (secondary N) is 1. The van der Waals surface area contributed by atoms with Crippen molar-refractivity contribution in [2.24, 2.45) is 5.92 Å². The van der Waals surface area contributed by atoms with Crippen molar-refractivity contribution in [2.75, 3.05) is 63.4 Å². The maximum Gasteiger partial charge on any atom is 0.323 e. The van der Waals surface area contributed by atoms with Gasteiger partial charge in [-0.1, -0.05) is 11.3 Å². The van der Waals surface area contributed by atoms with E-state index in [1.807, 2.05) is 12.1 Å². The molecule has 2 N–H and O–H groups in total. The van der Waals surface area contributed by atoms with E-state index in [-0.39, 0.29) is 11.9 Å². The lowest BCUT2D eigenvalue weighted by molar-refractivity contribution is 0.0497. The third-order valence-corrected chi connectivity index (χ3v) is 6.79. The molecule has 2 amide bonds. The molecular weight excluding hydrogens is 411 g/mol. The van der Waals surface area contributed by atoms with Crippen LogP contribution in [0, 0.1) is 5.92 Å². The molecule has 10 heteroatoms. The van der Waals surface area contributed by atoms with Crippen LogP contribution in [0.15, 0.2) is 12.1 Å². The van der Waals surface area contributed by atoms with Crippen LogP contribution in [0.1, 0.15) is 12.8 Å². The van der Waals surface area contributed by atoms with E-state index in [1.54, 1.807) is 12.0 Å². The molecule has 8 nitrogen and oxygen atoms in total. The van der Waals surface area contributed by atoms with E-state index < -0.39 is 12.8 Å². The first-order valence-electron chi connectivity index (χ1n) is 10.2. The maximum atomic E-state index is 12.7. The third-order valence-electron chi connectivity index (χ3n) is 5.80. The number of piperidine rings is 1. The van der Waals surface area contributed by atoms with E-state index in [2.05, 4.69) is 15.2 Å². The standard InChI is InChI=1S/C20H27FN4O4S/c1-28-16-3-2-14(24-8-10-29-11-9-24)18-17(16)22-19(30-18)23-20(27)25-6-4-13(5-7-25)15(26)12-21/h2-3,13,15,26H,4-12H2,1H3,(H,22,23,27). The largest absolute Gasteiger partial charge is 0.494 e. The minimum Gasteiger partial charge on any atom is -0.494 e. The first-order chi connectivity index (χ1) is 14.6. The highest BCUT2D eigenvalue weighted by atomic mass is 32.1. The zero-order valence-corrected chi connectivity index (χ0v) is 17.8. The number of halogens is 1. The first-order valence-corrected chi connectivity index (χ1v) is 11.0. The molecule has 2 aliphatic heterocycles. The number of morpholine rings is 1. The van der Waals surface area contributed by atoms with Gasteiger partial charge in [-0.3, -0.25) is 5.32 Å². The topological polar surface area (TPSA) is 87.2 Å². The van der Waals surface area contributed by atoms with Crippen molar-refractivity contribution in [3.05, 3.63) is 12.1 Å². The number of anilines is 2. The number of methoxy groups -OCH3 is 1. The molecule has 0 radical (unpaired) electrons. The van der Waals surface area contributed by atoms with E-state index in [9.17, 15) is 14.3 Å². The molecule has 2 aliphatic rings. The fourth-order valence-corrected chi connectivity index (χ4v) is 5.04. The number of aliphatic hydroxyl groups is 1. The Labute approximate surface area is 178 Å². The normalized spacial score (nSPS) is 19.2. The number of benzene rings is 1. The first kappa shape index (κ1) is 21.1. The number of hydrogen-bond donors (Lipinski definition) is 2. The number of likely N-dealkylation sites (tertiary alicyclic amines) is 1. The number of carbonyl (C=O) groups excluding carboxylic acids is 1. The Morgan fingerprint density at radius 2 is 2.10 bits per heavy atom. The molecule has 1 aromatic carbocycles. The number of thiazole rings is 1. The van der Waals surface area contributed by atoms with Gasteiger partial charge >= 0.3 is 6.03 Å². The van der Waals surface area contributed by atoms with Crippen LogP contribution in [0.4, 0.5) is 20.0 Å².